The summed E-state index contributed by atoms with van der Waals surface area (Å²) in [4.78, 5) is 17.2. The number of methoxy groups -OCH3 is 4. The molecule has 0 atom stereocenters. The maximum atomic E-state index is 12.8. The molecule has 3 aromatic carbocycles. The monoisotopic (exact) mass is 656 g/mol. The molecule has 0 spiro atoms. The van der Waals surface area contributed by atoms with Crippen LogP contribution in [0, 0.1) is 0 Å². The zero-order valence-corrected chi connectivity index (χ0v) is 27.3. The summed E-state index contributed by atoms with van der Waals surface area (Å²) in [5.74, 6) is 3.20. The molecule has 2 heterocycles. The normalized spacial score (nSPS) is 11.0. The molecule has 5 aromatic rings. The van der Waals surface area contributed by atoms with Crippen molar-refractivity contribution in [2.24, 2.45) is 5.10 Å². The second-order valence-corrected chi connectivity index (χ2v) is 11.4. The first-order chi connectivity index (χ1) is 22.5. The van der Waals surface area contributed by atoms with Crippen LogP contribution in [0.3, 0.4) is 0 Å². The number of hydrazone groups is 1. The van der Waals surface area contributed by atoms with Gasteiger partial charge in [0.25, 0.3) is 5.91 Å². The highest BCUT2D eigenvalue weighted by atomic mass is 32.2. The van der Waals surface area contributed by atoms with Crippen LogP contribution < -0.4 is 24.4 Å². The molecule has 236 valence electrons. The number of thioether (sulfide) groups is 2. The van der Waals surface area contributed by atoms with E-state index in [1.807, 2.05) is 83.4 Å². The van der Waals surface area contributed by atoms with Crippen molar-refractivity contribution in [3.05, 3.63) is 96.2 Å². The Bertz CT molecular complexity index is 1780. The number of carbonyl (C=O) groups excluding carboxylic acids is 1. The van der Waals surface area contributed by atoms with E-state index in [9.17, 15) is 4.79 Å². The van der Waals surface area contributed by atoms with E-state index in [-0.39, 0.29) is 11.7 Å². The molecule has 11 nitrogen and oxygen atoms in total. The predicted octanol–water partition coefficient (Wildman–Crippen LogP) is 5.90. The summed E-state index contributed by atoms with van der Waals surface area (Å²) in [6.07, 6.45) is 3.37. The molecule has 0 aliphatic carbocycles. The standard InChI is InChI=1S/C33H32N6O5S2/c1-41-26-14-13-22(16-24(26)20-45-30-12-8-9-15-34-30)19-35-36-29(40)21-46-33-38-37-32(39(33)25-10-6-5-7-11-25)23-17-27(42-2)31(44-4)28(18-23)43-3/h5-19H,20-21H2,1-4H3,(H,36,40)/b35-19+. The molecule has 0 aliphatic rings. The van der Waals surface area contributed by atoms with Gasteiger partial charge in [-0.2, -0.15) is 5.10 Å². The average molecular weight is 657 g/mol. The van der Waals surface area contributed by atoms with E-state index >= 15 is 0 Å². The third-order valence-electron chi connectivity index (χ3n) is 6.62. The molecule has 0 fully saturated rings. The van der Waals surface area contributed by atoms with Gasteiger partial charge in [-0.15, -0.1) is 22.0 Å². The number of pyridine rings is 1. The first-order valence-corrected chi connectivity index (χ1v) is 16.0. The topological polar surface area (TPSA) is 122 Å². The second kappa shape index (κ2) is 15.8. The van der Waals surface area contributed by atoms with Crippen molar-refractivity contribution in [3.63, 3.8) is 0 Å². The SMILES string of the molecule is COc1ccc(/C=N/NC(=O)CSc2nnc(-c3cc(OC)c(OC)c(OC)c3)n2-c2ccccc2)cc1CSc1ccccn1. The van der Waals surface area contributed by atoms with Gasteiger partial charge in [0.1, 0.15) is 5.75 Å². The maximum absolute atomic E-state index is 12.8. The van der Waals surface area contributed by atoms with Gasteiger partial charge in [-0.05, 0) is 60.2 Å². The molecule has 0 radical (unpaired) electrons. The number of ether oxygens (including phenoxy) is 4. The van der Waals surface area contributed by atoms with E-state index in [4.69, 9.17) is 18.9 Å². The fourth-order valence-corrected chi connectivity index (χ4v) is 6.07. The highest BCUT2D eigenvalue weighted by Crippen LogP contribution is 2.41. The average Bonchev–Trinajstić information content (AvgIpc) is 3.54. The highest BCUT2D eigenvalue weighted by Gasteiger charge is 2.21. The van der Waals surface area contributed by atoms with Crippen molar-refractivity contribution in [3.8, 4) is 40.1 Å². The Morgan fingerprint density at radius 1 is 0.848 bits per heavy atom. The van der Waals surface area contributed by atoms with E-state index < -0.39 is 0 Å². The largest absolute Gasteiger partial charge is 0.496 e. The Balaban J connectivity index is 1.29. The highest BCUT2D eigenvalue weighted by molar-refractivity contribution is 7.99. The summed E-state index contributed by atoms with van der Waals surface area (Å²) >= 11 is 2.85. The van der Waals surface area contributed by atoms with Crippen LogP contribution in [0.2, 0.25) is 0 Å². The summed E-state index contributed by atoms with van der Waals surface area (Å²) in [5.41, 5.74) is 5.95. The lowest BCUT2D eigenvalue weighted by Crippen LogP contribution is -2.20. The van der Waals surface area contributed by atoms with Gasteiger partial charge in [0.05, 0.1) is 45.4 Å². The Morgan fingerprint density at radius 3 is 2.26 bits per heavy atom. The van der Waals surface area contributed by atoms with Gasteiger partial charge < -0.3 is 18.9 Å². The van der Waals surface area contributed by atoms with Gasteiger partial charge in [0.2, 0.25) is 5.75 Å². The van der Waals surface area contributed by atoms with Crippen LogP contribution in [0.15, 0.2) is 100 Å². The third-order valence-corrected chi connectivity index (χ3v) is 8.55. The molecule has 0 aliphatic heterocycles. The number of aromatic nitrogens is 4. The molecule has 0 bridgehead atoms. The van der Waals surface area contributed by atoms with Crippen molar-refractivity contribution in [1.82, 2.24) is 25.2 Å². The number of nitrogens with zero attached hydrogens (tertiary/aromatic N) is 5. The van der Waals surface area contributed by atoms with E-state index in [0.29, 0.717) is 39.5 Å². The third kappa shape index (κ3) is 7.79. The number of hydrogen-bond donors (Lipinski definition) is 1. The molecule has 2 aromatic heterocycles. The van der Waals surface area contributed by atoms with Crippen molar-refractivity contribution in [1.29, 1.82) is 0 Å². The van der Waals surface area contributed by atoms with E-state index in [1.165, 1.54) is 11.8 Å². The number of carbonyl (C=O) groups is 1. The molecule has 1 N–H and O–H groups in total. The summed E-state index contributed by atoms with van der Waals surface area (Å²) in [5, 5.41) is 14.5. The van der Waals surface area contributed by atoms with Gasteiger partial charge in [0.15, 0.2) is 22.5 Å². The predicted molar refractivity (Wildman–Crippen MR) is 180 cm³/mol. The quantitative estimate of drug-likeness (QED) is 0.0879. The number of hydrogen-bond acceptors (Lipinski definition) is 11. The minimum absolute atomic E-state index is 0.0616. The first-order valence-electron chi connectivity index (χ1n) is 14.0. The first kappa shape index (κ1) is 32.4. The molecule has 13 heteroatoms. The lowest BCUT2D eigenvalue weighted by molar-refractivity contribution is -0.118. The number of rotatable bonds is 14. The summed E-state index contributed by atoms with van der Waals surface area (Å²) in [7, 11) is 6.31. The lowest BCUT2D eigenvalue weighted by Gasteiger charge is -2.15. The molecule has 0 saturated heterocycles. The van der Waals surface area contributed by atoms with Crippen LogP contribution in [0.5, 0.6) is 23.0 Å². The molecular weight excluding hydrogens is 625 g/mol. The summed E-state index contributed by atoms with van der Waals surface area (Å²) < 4.78 is 24.0. The zero-order valence-electron chi connectivity index (χ0n) is 25.7. The van der Waals surface area contributed by atoms with Crippen LogP contribution in [-0.2, 0) is 10.5 Å². The van der Waals surface area contributed by atoms with Gasteiger partial charge >= 0.3 is 0 Å². The van der Waals surface area contributed by atoms with Crippen LogP contribution in [0.25, 0.3) is 17.1 Å². The number of nitrogens with one attached hydrogen (secondary N) is 1. The van der Waals surface area contributed by atoms with E-state index in [1.54, 1.807) is 52.6 Å². The Morgan fingerprint density at radius 2 is 1.59 bits per heavy atom. The van der Waals surface area contributed by atoms with Crippen molar-refractivity contribution >= 4 is 35.6 Å². The zero-order chi connectivity index (χ0) is 32.3. The fraction of sp³-hybridized carbons (Fsp3) is 0.182. The Labute approximate surface area is 275 Å². The summed E-state index contributed by atoms with van der Waals surface area (Å²) in [6.45, 7) is 0. The van der Waals surface area contributed by atoms with E-state index in [2.05, 4.69) is 25.7 Å². The molecule has 5 rings (SSSR count). The Kier molecular flexibility index (Phi) is 11.1. The molecule has 0 unspecified atom stereocenters. The molecule has 1 amide bonds. The van der Waals surface area contributed by atoms with Crippen molar-refractivity contribution < 1.29 is 23.7 Å². The Hall–Kier alpha value is -5.01. The number of amides is 1. The number of benzene rings is 3. The second-order valence-electron chi connectivity index (χ2n) is 9.50. The molecular formula is C33H32N6O5S2. The minimum Gasteiger partial charge on any atom is -0.496 e. The van der Waals surface area contributed by atoms with Crippen LogP contribution >= 0.6 is 23.5 Å². The fourth-order valence-electron chi connectivity index (χ4n) is 4.49. The van der Waals surface area contributed by atoms with Crippen molar-refractivity contribution in [2.75, 3.05) is 34.2 Å². The van der Waals surface area contributed by atoms with Crippen LogP contribution in [0.4, 0.5) is 0 Å². The minimum atomic E-state index is -0.294. The van der Waals surface area contributed by atoms with Crippen molar-refractivity contribution in [2.45, 2.75) is 15.9 Å². The van der Waals surface area contributed by atoms with Crippen LogP contribution in [-0.4, -0.2) is 66.1 Å². The number of para-hydroxylation sites is 1. The van der Waals surface area contributed by atoms with Crippen LogP contribution in [0.1, 0.15) is 11.1 Å². The maximum Gasteiger partial charge on any atom is 0.250 e. The molecule has 0 saturated carbocycles. The van der Waals surface area contributed by atoms with E-state index in [0.717, 1.165) is 27.6 Å². The lowest BCUT2D eigenvalue weighted by atomic mass is 10.1. The van der Waals surface area contributed by atoms with Gasteiger partial charge in [-0.25, -0.2) is 10.4 Å². The summed E-state index contributed by atoms with van der Waals surface area (Å²) in [6, 6.07) is 24.8. The molecule has 46 heavy (non-hydrogen) atoms. The van der Waals surface area contributed by atoms with Gasteiger partial charge in [0, 0.05) is 28.8 Å². The van der Waals surface area contributed by atoms with Gasteiger partial charge in [-0.1, -0.05) is 36.0 Å². The smallest absolute Gasteiger partial charge is 0.250 e. The van der Waals surface area contributed by atoms with Gasteiger partial charge in [-0.3, -0.25) is 9.36 Å².